The number of nitrogens with two attached hydrogens (primary N) is 3. The first-order valence-electron chi connectivity index (χ1n) is 4.74. The van der Waals surface area contributed by atoms with Crippen molar-refractivity contribution in [3.05, 3.63) is 18.2 Å². The summed E-state index contributed by atoms with van der Waals surface area (Å²) in [4.78, 5) is 8.01. The molecule has 0 heterocycles. The Hall–Kier alpha value is -0.230. The van der Waals surface area contributed by atoms with Gasteiger partial charge in [0.05, 0.1) is 23.7 Å². The van der Waals surface area contributed by atoms with E-state index in [1.54, 1.807) is 18.2 Å². The minimum atomic E-state index is -2.65. The van der Waals surface area contributed by atoms with E-state index < -0.39 is 8.25 Å². The molecule has 94 valence electrons. The van der Waals surface area contributed by atoms with Crippen LogP contribution in [0.15, 0.2) is 18.2 Å². The number of nitrogen functional groups attached to an aromatic ring is 3. The molecule has 0 amide bonds. The second-order valence-electron chi connectivity index (χ2n) is 2.96. The molecule has 0 spiro atoms. The van der Waals surface area contributed by atoms with Crippen molar-refractivity contribution < 1.29 is 14.0 Å². The van der Waals surface area contributed by atoms with E-state index >= 15 is 0 Å². The molecule has 7 N–H and O–H groups in total. The Balaban J connectivity index is 0. The van der Waals surface area contributed by atoms with Gasteiger partial charge in [-0.1, -0.05) is 13.0 Å². The second-order valence-corrected chi connectivity index (χ2v) is 3.79. The molecule has 0 aliphatic carbocycles. The van der Waals surface area contributed by atoms with Crippen LogP contribution in [0.25, 0.3) is 0 Å². The molecular weight excluding hydrogens is 252 g/mol. The molecule has 0 radical (unpaired) electrons. The van der Waals surface area contributed by atoms with E-state index in [1.807, 2.05) is 6.92 Å². The van der Waals surface area contributed by atoms with Crippen molar-refractivity contribution in [2.24, 2.45) is 0 Å². The number of hydrogen-bond donors (Lipinski definition) is 4. The first-order valence-corrected chi connectivity index (χ1v) is 6.00. The quantitative estimate of drug-likeness (QED) is 0.362. The van der Waals surface area contributed by atoms with E-state index in [4.69, 9.17) is 22.1 Å². The van der Waals surface area contributed by atoms with E-state index in [9.17, 15) is 4.57 Å². The van der Waals surface area contributed by atoms with Gasteiger partial charge in [-0.2, -0.15) is 0 Å². The van der Waals surface area contributed by atoms with Crippen molar-refractivity contribution in [1.29, 1.82) is 0 Å². The standard InChI is InChI=1S/C6H9N3.C3H9O3P.Na.H/c7-4-2-1-3-5(8)6(4)9;1-2-3-6-7(4)5;;/h1-3H,7-9H2;7H,2-3H2,1H3,(H,4,5);;. The van der Waals surface area contributed by atoms with Gasteiger partial charge in [0, 0.05) is 0 Å². The number of rotatable bonds is 3. The van der Waals surface area contributed by atoms with Crippen molar-refractivity contribution >= 4 is 54.9 Å². The fraction of sp³-hybridized carbons (Fsp3) is 0.333. The molecule has 17 heavy (non-hydrogen) atoms. The summed E-state index contributed by atoms with van der Waals surface area (Å²) in [6, 6.07) is 5.19. The zero-order chi connectivity index (χ0) is 12.6. The van der Waals surface area contributed by atoms with Crippen molar-refractivity contribution in [1.82, 2.24) is 0 Å². The molecule has 0 saturated heterocycles. The maximum absolute atomic E-state index is 9.72. The Bertz CT molecular complexity index is 332. The SMILES string of the molecule is CCCO[PH](=O)O.Nc1cccc(N)c1N.[NaH]. The van der Waals surface area contributed by atoms with Crippen LogP contribution in [0.1, 0.15) is 13.3 Å². The third-order valence-corrected chi connectivity index (χ3v) is 2.05. The van der Waals surface area contributed by atoms with Crippen LogP contribution >= 0.6 is 8.25 Å². The Morgan fingerprint density at radius 3 is 2.00 bits per heavy atom. The molecule has 0 fully saturated rings. The van der Waals surface area contributed by atoms with Gasteiger partial charge < -0.3 is 26.6 Å². The normalized spacial score (nSPS) is 10.7. The van der Waals surface area contributed by atoms with E-state index in [2.05, 4.69) is 4.52 Å². The molecule has 1 rings (SSSR count). The Kier molecular flexibility index (Phi) is 12.3. The number of anilines is 3. The van der Waals surface area contributed by atoms with E-state index in [-0.39, 0.29) is 29.6 Å². The maximum atomic E-state index is 9.72. The van der Waals surface area contributed by atoms with Gasteiger partial charge in [0.1, 0.15) is 0 Å². The molecular formula is C9H19N3NaO3P. The first kappa shape index (κ1) is 19.1. The van der Waals surface area contributed by atoms with E-state index in [0.29, 0.717) is 23.7 Å². The molecule has 6 nitrogen and oxygen atoms in total. The number of hydrogen-bond acceptors (Lipinski definition) is 5. The van der Waals surface area contributed by atoms with Crippen molar-refractivity contribution in [2.75, 3.05) is 23.8 Å². The third-order valence-electron chi connectivity index (χ3n) is 1.60. The molecule has 0 aliphatic rings. The van der Waals surface area contributed by atoms with E-state index in [1.165, 1.54) is 0 Å². The summed E-state index contributed by atoms with van der Waals surface area (Å²) in [7, 11) is -2.65. The summed E-state index contributed by atoms with van der Waals surface area (Å²) >= 11 is 0. The van der Waals surface area contributed by atoms with Crippen LogP contribution in [0.2, 0.25) is 0 Å². The zero-order valence-corrected chi connectivity index (χ0v) is 10.1. The predicted octanol–water partition coefficient (Wildman–Crippen LogP) is 0.580. The monoisotopic (exact) mass is 271 g/mol. The summed E-state index contributed by atoms with van der Waals surface area (Å²) in [5.41, 5.74) is 17.8. The summed E-state index contributed by atoms with van der Waals surface area (Å²) in [5.74, 6) is 0. The molecule has 1 atom stereocenters. The number of para-hydroxylation sites is 1. The average Bonchev–Trinajstić information content (AvgIpc) is 2.24. The topological polar surface area (TPSA) is 125 Å². The molecule has 0 aromatic heterocycles. The fourth-order valence-corrected chi connectivity index (χ4v) is 1.17. The van der Waals surface area contributed by atoms with Crippen LogP contribution in [0.4, 0.5) is 17.1 Å². The molecule has 0 aliphatic heterocycles. The first-order chi connectivity index (χ1) is 7.49. The molecule has 1 aromatic carbocycles. The van der Waals surface area contributed by atoms with Crippen LogP contribution in [0.3, 0.4) is 0 Å². The summed E-state index contributed by atoms with van der Waals surface area (Å²) in [6.45, 7) is 2.26. The van der Waals surface area contributed by atoms with Gasteiger partial charge in [-0.15, -0.1) is 0 Å². The van der Waals surface area contributed by atoms with Crippen molar-refractivity contribution in [2.45, 2.75) is 13.3 Å². The summed E-state index contributed by atoms with van der Waals surface area (Å²) in [6.07, 6.45) is 0.789. The molecule has 0 bridgehead atoms. The van der Waals surface area contributed by atoms with Crippen LogP contribution in [-0.2, 0) is 9.09 Å². The van der Waals surface area contributed by atoms with Crippen LogP contribution < -0.4 is 17.2 Å². The van der Waals surface area contributed by atoms with Gasteiger partial charge >= 0.3 is 37.8 Å². The van der Waals surface area contributed by atoms with Crippen molar-refractivity contribution in [3.8, 4) is 0 Å². The second kappa shape index (κ2) is 10.9. The third kappa shape index (κ3) is 9.47. The Morgan fingerprint density at radius 2 is 1.76 bits per heavy atom. The van der Waals surface area contributed by atoms with Crippen LogP contribution in [-0.4, -0.2) is 41.1 Å². The van der Waals surface area contributed by atoms with Gasteiger partial charge in [-0.05, 0) is 18.6 Å². The van der Waals surface area contributed by atoms with E-state index in [0.717, 1.165) is 6.42 Å². The molecule has 1 unspecified atom stereocenters. The summed E-state index contributed by atoms with van der Waals surface area (Å²) in [5, 5.41) is 0. The Labute approximate surface area is 124 Å². The molecule has 8 heteroatoms. The Morgan fingerprint density at radius 1 is 1.29 bits per heavy atom. The minimum absolute atomic E-state index is 0. The van der Waals surface area contributed by atoms with Gasteiger partial charge in [0.25, 0.3) is 0 Å². The van der Waals surface area contributed by atoms with Crippen LogP contribution in [0, 0.1) is 0 Å². The summed E-state index contributed by atoms with van der Waals surface area (Å²) < 4.78 is 14.0. The zero-order valence-electron chi connectivity index (χ0n) is 9.14. The van der Waals surface area contributed by atoms with Gasteiger partial charge in [0.2, 0.25) is 0 Å². The van der Waals surface area contributed by atoms with Gasteiger partial charge in [0.15, 0.2) is 0 Å². The number of benzene rings is 1. The van der Waals surface area contributed by atoms with Crippen LogP contribution in [0.5, 0.6) is 0 Å². The molecule has 0 saturated carbocycles. The predicted molar refractivity (Wildman–Crippen MR) is 74.3 cm³/mol. The van der Waals surface area contributed by atoms with Gasteiger partial charge in [-0.3, -0.25) is 4.57 Å². The molecule has 1 aromatic rings. The van der Waals surface area contributed by atoms with Crippen molar-refractivity contribution in [3.63, 3.8) is 0 Å². The average molecular weight is 271 g/mol. The van der Waals surface area contributed by atoms with Gasteiger partial charge in [-0.25, -0.2) is 0 Å². The fourth-order valence-electron chi connectivity index (χ4n) is 0.791.